The van der Waals surface area contributed by atoms with E-state index in [1.807, 2.05) is 24.3 Å². The molecule has 0 saturated carbocycles. The number of amides is 1. The van der Waals surface area contributed by atoms with Gasteiger partial charge in [0, 0.05) is 14.4 Å². The minimum Gasteiger partial charge on any atom is -0.324 e. The zero-order chi connectivity index (χ0) is 15.5. The van der Waals surface area contributed by atoms with Crippen LogP contribution in [0, 0.1) is 3.57 Å². The van der Waals surface area contributed by atoms with E-state index in [-0.39, 0.29) is 11.3 Å². The summed E-state index contributed by atoms with van der Waals surface area (Å²) in [4.78, 5) is 16.6. The van der Waals surface area contributed by atoms with Gasteiger partial charge in [-0.1, -0.05) is 44.7 Å². The highest BCUT2D eigenvalue weighted by atomic mass is 127. The lowest BCUT2D eigenvalue weighted by atomic mass is 9.93. The number of halogens is 1. The molecule has 0 aliphatic carbocycles. The fraction of sp³-hybridized carbons (Fsp3) is 0.333. The minimum absolute atomic E-state index is 0.00313. The number of carbonyl (C=O) groups is 1. The van der Waals surface area contributed by atoms with E-state index < -0.39 is 0 Å². The minimum atomic E-state index is -0.00313. The second-order valence-corrected chi connectivity index (χ2v) is 8.81. The van der Waals surface area contributed by atoms with E-state index in [2.05, 4.69) is 59.0 Å². The fourth-order valence-corrected chi connectivity index (χ4v) is 3.92. The van der Waals surface area contributed by atoms with Crippen molar-refractivity contribution in [2.24, 2.45) is 0 Å². The molecule has 1 amide bonds. The van der Waals surface area contributed by atoms with Crippen molar-refractivity contribution in [3.63, 3.8) is 0 Å². The summed E-state index contributed by atoms with van der Waals surface area (Å²) in [6, 6.07) is 7.75. The Balaban J connectivity index is 1.90. The molecule has 1 aromatic heterocycles. The highest BCUT2D eigenvalue weighted by Crippen LogP contribution is 2.29. The van der Waals surface area contributed by atoms with Gasteiger partial charge in [0.25, 0.3) is 0 Å². The van der Waals surface area contributed by atoms with Crippen LogP contribution in [0.15, 0.2) is 34.0 Å². The molecule has 0 spiro atoms. The molecule has 1 heterocycles. The van der Waals surface area contributed by atoms with E-state index in [4.69, 9.17) is 0 Å². The smallest absolute Gasteiger partial charge is 0.234 e. The summed E-state index contributed by atoms with van der Waals surface area (Å²) >= 11 is 5.30. The first-order chi connectivity index (χ1) is 9.86. The van der Waals surface area contributed by atoms with Gasteiger partial charge in [0.2, 0.25) is 5.91 Å². The van der Waals surface area contributed by atoms with Crippen LogP contribution >= 0.6 is 45.7 Å². The highest BCUT2D eigenvalue weighted by molar-refractivity contribution is 14.1. The molecule has 0 atom stereocenters. The van der Waals surface area contributed by atoms with Gasteiger partial charge < -0.3 is 5.32 Å². The third-order valence-corrected chi connectivity index (χ3v) is 5.69. The molecule has 1 aromatic carbocycles. The molecule has 0 aliphatic rings. The third-order valence-electron chi connectivity index (χ3n) is 2.73. The van der Waals surface area contributed by atoms with Gasteiger partial charge in [-0.25, -0.2) is 4.98 Å². The van der Waals surface area contributed by atoms with Gasteiger partial charge in [0.15, 0.2) is 4.34 Å². The Kier molecular flexibility index (Phi) is 5.67. The molecule has 3 nitrogen and oxygen atoms in total. The van der Waals surface area contributed by atoms with Gasteiger partial charge in [-0.3, -0.25) is 4.79 Å². The van der Waals surface area contributed by atoms with Crippen molar-refractivity contribution in [3.05, 3.63) is 38.9 Å². The first-order valence-corrected chi connectivity index (χ1v) is 9.44. The van der Waals surface area contributed by atoms with E-state index in [9.17, 15) is 4.79 Å². The number of aromatic nitrogens is 1. The summed E-state index contributed by atoms with van der Waals surface area (Å²) in [6.45, 7) is 6.42. The van der Waals surface area contributed by atoms with Crippen LogP contribution in [-0.4, -0.2) is 16.6 Å². The standard InChI is InChI=1S/C15H17IN2OS2/c1-15(2,3)12-8-20-14(18-12)21-9-13(19)17-11-7-5-4-6-10(11)16/h4-8H,9H2,1-3H3,(H,17,19). The summed E-state index contributed by atoms with van der Waals surface area (Å²) < 4.78 is 1.98. The molecule has 0 aliphatic heterocycles. The Morgan fingerprint density at radius 3 is 2.71 bits per heavy atom. The van der Waals surface area contributed by atoms with Crippen molar-refractivity contribution >= 4 is 57.3 Å². The maximum Gasteiger partial charge on any atom is 0.234 e. The number of anilines is 1. The van der Waals surface area contributed by atoms with E-state index in [1.165, 1.54) is 11.8 Å². The number of thioether (sulfide) groups is 1. The Bertz CT molecular complexity index is 635. The zero-order valence-corrected chi connectivity index (χ0v) is 15.9. The van der Waals surface area contributed by atoms with Gasteiger partial charge in [0.05, 0.1) is 17.1 Å². The Labute approximate surface area is 147 Å². The molecule has 1 N–H and O–H groups in total. The van der Waals surface area contributed by atoms with Crippen LogP contribution in [0.2, 0.25) is 0 Å². The lowest BCUT2D eigenvalue weighted by molar-refractivity contribution is -0.113. The predicted molar refractivity (Wildman–Crippen MR) is 99.3 cm³/mol. The molecular weight excluding hydrogens is 415 g/mol. The second-order valence-electron chi connectivity index (χ2n) is 5.57. The SMILES string of the molecule is CC(C)(C)c1csc(SCC(=O)Nc2ccccc2I)n1. The first kappa shape index (κ1) is 16.8. The topological polar surface area (TPSA) is 42.0 Å². The molecule has 0 saturated heterocycles. The fourth-order valence-electron chi connectivity index (χ4n) is 1.54. The quantitative estimate of drug-likeness (QED) is 0.559. The lowest BCUT2D eigenvalue weighted by Crippen LogP contribution is -2.15. The van der Waals surface area contributed by atoms with E-state index >= 15 is 0 Å². The summed E-state index contributed by atoms with van der Waals surface area (Å²) in [5.41, 5.74) is 1.99. The van der Waals surface area contributed by atoms with Crippen molar-refractivity contribution in [1.29, 1.82) is 0 Å². The van der Waals surface area contributed by atoms with Crippen LogP contribution in [0.3, 0.4) is 0 Å². The average molecular weight is 432 g/mol. The number of rotatable bonds is 4. The maximum absolute atomic E-state index is 12.0. The van der Waals surface area contributed by atoms with E-state index in [1.54, 1.807) is 11.3 Å². The first-order valence-electron chi connectivity index (χ1n) is 6.49. The largest absolute Gasteiger partial charge is 0.324 e. The summed E-state index contributed by atoms with van der Waals surface area (Å²) in [6.07, 6.45) is 0. The molecule has 0 unspecified atom stereocenters. The van der Waals surface area contributed by atoms with Crippen LogP contribution in [0.5, 0.6) is 0 Å². The number of para-hydroxylation sites is 1. The average Bonchev–Trinajstić information content (AvgIpc) is 2.88. The van der Waals surface area contributed by atoms with Crippen LogP contribution in [0.1, 0.15) is 26.5 Å². The lowest BCUT2D eigenvalue weighted by Gasteiger charge is -2.14. The zero-order valence-electron chi connectivity index (χ0n) is 12.1. The van der Waals surface area contributed by atoms with Gasteiger partial charge in [-0.05, 0) is 34.7 Å². The number of hydrogen-bond acceptors (Lipinski definition) is 4. The molecular formula is C15H17IN2OS2. The number of benzene rings is 1. The molecule has 0 bridgehead atoms. The molecule has 6 heteroatoms. The van der Waals surface area contributed by atoms with E-state index in [0.29, 0.717) is 5.75 Å². The van der Waals surface area contributed by atoms with Gasteiger partial charge in [0.1, 0.15) is 0 Å². The second kappa shape index (κ2) is 7.11. The maximum atomic E-state index is 12.0. The highest BCUT2D eigenvalue weighted by Gasteiger charge is 2.18. The Morgan fingerprint density at radius 1 is 1.38 bits per heavy atom. The van der Waals surface area contributed by atoms with Gasteiger partial charge in [-0.15, -0.1) is 11.3 Å². The predicted octanol–water partition coefficient (Wildman–Crippen LogP) is 4.78. The Hall–Kier alpha value is -0.600. The Morgan fingerprint density at radius 2 is 2.10 bits per heavy atom. The summed E-state index contributed by atoms with van der Waals surface area (Å²) in [5, 5.41) is 5.00. The molecule has 21 heavy (non-hydrogen) atoms. The van der Waals surface area contributed by atoms with E-state index in [0.717, 1.165) is 19.3 Å². The van der Waals surface area contributed by atoms with Crippen molar-refractivity contribution in [2.45, 2.75) is 30.5 Å². The monoisotopic (exact) mass is 432 g/mol. The number of carbonyl (C=O) groups excluding carboxylic acids is 1. The third kappa shape index (κ3) is 4.96. The molecule has 2 aromatic rings. The molecule has 0 radical (unpaired) electrons. The number of nitrogens with one attached hydrogen (secondary N) is 1. The van der Waals surface area contributed by atoms with Gasteiger partial charge in [-0.2, -0.15) is 0 Å². The van der Waals surface area contributed by atoms with Crippen LogP contribution < -0.4 is 5.32 Å². The van der Waals surface area contributed by atoms with Crippen molar-refractivity contribution in [1.82, 2.24) is 4.98 Å². The van der Waals surface area contributed by atoms with Crippen LogP contribution in [0.4, 0.5) is 5.69 Å². The van der Waals surface area contributed by atoms with Gasteiger partial charge >= 0.3 is 0 Å². The van der Waals surface area contributed by atoms with Crippen molar-refractivity contribution in [2.75, 3.05) is 11.1 Å². The summed E-state index contributed by atoms with van der Waals surface area (Å²) in [7, 11) is 0. The number of hydrogen-bond donors (Lipinski definition) is 1. The number of thiazole rings is 1. The van der Waals surface area contributed by atoms with Crippen LogP contribution in [-0.2, 0) is 10.2 Å². The van der Waals surface area contributed by atoms with Crippen molar-refractivity contribution < 1.29 is 4.79 Å². The van der Waals surface area contributed by atoms with Crippen molar-refractivity contribution in [3.8, 4) is 0 Å². The molecule has 0 fully saturated rings. The van der Waals surface area contributed by atoms with Crippen LogP contribution in [0.25, 0.3) is 0 Å². The molecule has 2 rings (SSSR count). The number of nitrogens with zero attached hydrogens (tertiary/aromatic N) is 1. The summed E-state index contributed by atoms with van der Waals surface area (Å²) in [5.74, 6) is 0.374. The normalized spacial score (nSPS) is 11.4. The molecule has 112 valence electrons.